The van der Waals surface area contributed by atoms with Gasteiger partial charge in [0, 0.05) is 12.6 Å². The Morgan fingerprint density at radius 3 is 2.50 bits per heavy atom. The van der Waals surface area contributed by atoms with Crippen molar-refractivity contribution in [2.75, 3.05) is 6.54 Å². The lowest BCUT2D eigenvalue weighted by Crippen LogP contribution is -2.37. The van der Waals surface area contributed by atoms with Crippen molar-refractivity contribution >= 4 is 11.6 Å². The number of hydrogen-bond donors (Lipinski definition) is 1. The van der Waals surface area contributed by atoms with Crippen molar-refractivity contribution in [2.45, 2.75) is 32.7 Å². The number of aryl methyl sites for hydroxylation is 2. The number of halogens is 3. The highest BCUT2D eigenvalue weighted by atomic mass is 35.5. The van der Waals surface area contributed by atoms with E-state index in [1.807, 2.05) is 0 Å². The molecule has 16 heavy (non-hydrogen) atoms. The highest BCUT2D eigenvalue weighted by molar-refractivity contribution is 6.30. The molecular weight excluding hydrogens is 236 g/mol. The summed E-state index contributed by atoms with van der Waals surface area (Å²) in [7, 11) is 1.70. The van der Waals surface area contributed by atoms with Crippen molar-refractivity contribution in [1.29, 1.82) is 0 Å². The molecule has 0 aliphatic rings. The van der Waals surface area contributed by atoms with Crippen LogP contribution in [-0.2, 0) is 13.5 Å². The molecule has 6 heteroatoms. The fourth-order valence-corrected chi connectivity index (χ4v) is 1.89. The zero-order chi connectivity index (χ0) is 12.3. The maximum Gasteiger partial charge on any atom is 0.254 e. The molecule has 0 bridgehead atoms. The average Bonchev–Trinajstić information content (AvgIpc) is 2.43. The van der Waals surface area contributed by atoms with E-state index in [4.69, 9.17) is 11.6 Å². The summed E-state index contributed by atoms with van der Waals surface area (Å²) in [5.41, 5.74) is 1.39. The minimum Gasteiger partial charge on any atom is -0.309 e. The molecule has 1 N–H and O–H groups in total. The van der Waals surface area contributed by atoms with Crippen LogP contribution < -0.4 is 5.32 Å². The number of alkyl halides is 2. The van der Waals surface area contributed by atoms with Crippen LogP contribution >= 0.6 is 11.6 Å². The van der Waals surface area contributed by atoms with Crippen molar-refractivity contribution in [3.8, 4) is 0 Å². The summed E-state index contributed by atoms with van der Waals surface area (Å²) in [6.45, 7) is 4.08. The largest absolute Gasteiger partial charge is 0.309 e. The molecule has 1 aromatic heterocycles. The second kappa shape index (κ2) is 5.59. The van der Waals surface area contributed by atoms with Gasteiger partial charge in [0.1, 0.15) is 5.15 Å². The van der Waals surface area contributed by atoms with Crippen LogP contribution in [0.2, 0.25) is 5.15 Å². The first-order valence-corrected chi connectivity index (χ1v) is 5.54. The molecular formula is C10H16ClF2N3. The van der Waals surface area contributed by atoms with Crippen molar-refractivity contribution in [2.24, 2.45) is 7.05 Å². The van der Waals surface area contributed by atoms with E-state index in [0.29, 0.717) is 23.0 Å². The van der Waals surface area contributed by atoms with Gasteiger partial charge in [-0.1, -0.05) is 18.5 Å². The van der Waals surface area contributed by atoms with E-state index in [-0.39, 0.29) is 6.42 Å². The van der Waals surface area contributed by atoms with Crippen LogP contribution in [0, 0.1) is 6.92 Å². The maximum absolute atomic E-state index is 12.7. The minimum atomic E-state index is -2.41. The third-order valence-electron chi connectivity index (χ3n) is 2.46. The molecule has 1 aromatic rings. The lowest BCUT2D eigenvalue weighted by molar-refractivity contribution is 0.0990. The average molecular weight is 252 g/mol. The number of aromatic nitrogens is 2. The fraction of sp³-hybridized carbons (Fsp3) is 0.700. The summed E-state index contributed by atoms with van der Waals surface area (Å²) in [4.78, 5) is 0. The zero-order valence-corrected chi connectivity index (χ0v) is 10.4. The van der Waals surface area contributed by atoms with Crippen LogP contribution in [0.5, 0.6) is 0 Å². The number of likely N-dealkylation sites (N-methyl/N-ethyl adjacent to an activating group) is 1. The van der Waals surface area contributed by atoms with Gasteiger partial charge in [-0.15, -0.1) is 0 Å². The molecule has 1 atom stereocenters. The van der Waals surface area contributed by atoms with Gasteiger partial charge in [-0.25, -0.2) is 8.78 Å². The summed E-state index contributed by atoms with van der Waals surface area (Å²) in [5, 5.41) is 7.28. The molecule has 0 spiro atoms. The molecule has 0 aliphatic heterocycles. The Morgan fingerprint density at radius 2 is 2.12 bits per heavy atom. The summed E-state index contributed by atoms with van der Waals surface area (Å²) in [6.07, 6.45) is -2.21. The Balaban J connectivity index is 2.84. The van der Waals surface area contributed by atoms with E-state index < -0.39 is 12.5 Å². The van der Waals surface area contributed by atoms with Gasteiger partial charge in [0.05, 0.1) is 11.7 Å². The second-order valence-electron chi connectivity index (χ2n) is 3.68. The van der Waals surface area contributed by atoms with E-state index in [9.17, 15) is 8.78 Å². The molecule has 0 aromatic carbocycles. The Kier molecular flexibility index (Phi) is 4.68. The molecule has 0 amide bonds. The minimum absolute atomic E-state index is 0.198. The van der Waals surface area contributed by atoms with Gasteiger partial charge in [-0.2, -0.15) is 5.10 Å². The topological polar surface area (TPSA) is 29.9 Å². The molecule has 0 aliphatic carbocycles. The number of rotatable bonds is 5. The lowest BCUT2D eigenvalue weighted by atomic mass is 10.1. The summed E-state index contributed by atoms with van der Waals surface area (Å²) >= 11 is 5.99. The van der Waals surface area contributed by atoms with Gasteiger partial charge < -0.3 is 5.32 Å². The Labute approximate surface area is 98.8 Å². The van der Waals surface area contributed by atoms with Gasteiger partial charge in [0.2, 0.25) is 0 Å². The van der Waals surface area contributed by atoms with E-state index >= 15 is 0 Å². The van der Waals surface area contributed by atoms with Gasteiger partial charge in [0.15, 0.2) is 0 Å². The summed E-state index contributed by atoms with van der Waals surface area (Å²) < 4.78 is 26.9. The Morgan fingerprint density at radius 1 is 1.50 bits per heavy atom. The lowest BCUT2D eigenvalue weighted by Gasteiger charge is -2.16. The van der Waals surface area contributed by atoms with Crippen molar-refractivity contribution in [3.63, 3.8) is 0 Å². The molecule has 0 radical (unpaired) electrons. The quantitative estimate of drug-likeness (QED) is 0.869. The third kappa shape index (κ3) is 2.92. The maximum atomic E-state index is 12.7. The van der Waals surface area contributed by atoms with Crippen molar-refractivity contribution < 1.29 is 8.78 Å². The molecule has 0 saturated carbocycles. The van der Waals surface area contributed by atoms with Gasteiger partial charge in [-0.05, 0) is 19.9 Å². The first-order chi connectivity index (χ1) is 7.47. The molecule has 1 unspecified atom stereocenters. The fourth-order valence-electron chi connectivity index (χ4n) is 1.64. The van der Waals surface area contributed by atoms with E-state index in [1.165, 1.54) is 4.68 Å². The van der Waals surface area contributed by atoms with Crippen molar-refractivity contribution in [1.82, 2.24) is 15.1 Å². The van der Waals surface area contributed by atoms with Crippen molar-refractivity contribution in [3.05, 3.63) is 16.4 Å². The SMILES string of the molecule is CCNC(Cc1c(C)nn(C)c1Cl)C(F)F. The zero-order valence-electron chi connectivity index (χ0n) is 9.60. The monoisotopic (exact) mass is 251 g/mol. The van der Waals surface area contributed by atoms with Crippen LogP contribution in [0.25, 0.3) is 0 Å². The van der Waals surface area contributed by atoms with Gasteiger partial charge in [0.25, 0.3) is 6.43 Å². The van der Waals surface area contributed by atoms with Gasteiger partial charge in [-0.3, -0.25) is 4.68 Å². The number of nitrogens with zero attached hydrogens (tertiary/aromatic N) is 2. The van der Waals surface area contributed by atoms with E-state index in [1.54, 1.807) is 20.9 Å². The van der Waals surface area contributed by atoms with Crippen LogP contribution in [0.15, 0.2) is 0 Å². The molecule has 0 fully saturated rings. The molecule has 0 saturated heterocycles. The molecule has 1 rings (SSSR count). The number of hydrogen-bond acceptors (Lipinski definition) is 2. The normalized spacial score (nSPS) is 13.4. The first kappa shape index (κ1) is 13.4. The molecule has 3 nitrogen and oxygen atoms in total. The Bertz CT molecular complexity index is 352. The molecule has 92 valence electrons. The summed E-state index contributed by atoms with van der Waals surface area (Å²) in [6, 6.07) is -0.870. The Hall–Kier alpha value is -0.680. The second-order valence-corrected chi connectivity index (χ2v) is 4.04. The third-order valence-corrected chi connectivity index (χ3v) is 2.94. The highest BCUT2D eigenvalue weighted by Gasteiger charge is 2.23. The summed E-state index contributed by atoms with van der Waals surface area (Å²) in [5.74, 6) is 0. The van der Waals surface area contributed by atoms with Crippen LogP contribution in [0.3, 0.4) is 0 Å². The van der Waals surface area contributed by atoms with Crippen LogP contribution in [-0.4, -0.2) is 28.8 Å². The van der Waals surface area contributed by atoms with E-state index in [0.717, 1.165) is 0 Å². The standard InChI is InChI=1S/C10H16ClF2N3/c1-4-14-8(10(12)13)5-7-6(2)15-16(3)9(7)11/h8,10,14H,4-5H2,1-3H3. The predicted octanol–water partition coefficient (Wildman–Crippen LogP) is 2.17. The highest BCUT2D eigenvalue weighted by Crippen LogP contribution is 2.21. The van der Waals surface area contributed by atoms with E-state index in [2.05, 4.69) is 10.4 Å². The molecule has 1 heterocycles. The number of nitrogens with one attached hydrogen (secondary N) is 1. The van der Waals surface area contributed by atoms with Crippen LogP contribution in [0.4, 0.5) is 8.78 Å². The first-order valence-electron chi connectivity index (χ1n) is 5.16. The van der Waals surface area contributed by atoms with Crippen LogP contribution in [0.1, 0.15) is 18.2 Å². The smallest absolute Gasteiger partial charge is 0.254 e. The predicted molar refractivity (Wildman–Crippen MR) is 60.1 cm³/mol. The van der Waals surface area contributed by atoms with Gasteiger partial charge >= 0.3 is 0 Å².